The summed E-state index contributed by atoms with van der Waals surface area (Å²) in [5, 5.41) is 2.54. The molecular weight excluding hydrogens is 440 g/mol. The van der Waals surface area contributed by atoms with Crippen LogP contribution in [0.4, 0.5) is 5.69 Å². The van der Waals surface area contributed by atoms with Crippen LogP contribution in [0.15, 0.2) is 63.4 Å². The standard InChI is InChI=1S/C18H15ClN2O6S2/c19-15-7-8-17(28-15)29(24,25)21-14-6-2-1-5-13(14)18(23)27-11-16(22)20-10-12-4-3-9-26-12/h1-9,21H,10-11H2,(H,20,22). The molecule has 8 nitrogen and oxygen atoms in total. The Morgan fingerprint density at radius 2 is 1.90 bits per heavy atom. The van der Waals surface area contributed by atoms with E-state index in [1.54, 1.807) is 24.3 Å². The first-order chi connectivity index (χ1) is 13.8. The van der Waals surface area contributed by atoms with Crippen LogP contribution in [0.3, 0.4) is 0 Å². The van der Waals surface area contributed by atoms with Crippen molar-refractivity contribution in [3.8, 4) is 0 Å². The van der Waals surface area contributed by atoms with Crippen molar-refractivity contribution in [3.63, 3.8) is 0 Å². The van der Waals surface area contributed by atoms with Crippen molar-refractivity contribution in [2.75, 3.05) is 11.3 Å². The van der Waals surface area contributed by atoms with Crippen LogP contribution in [-0.2, 0) is 26.1 Å². The maximum atomic E-state index is 12.5. The maximum Gasteiger partial charge on any atom is 0.340 e. The Kier molecular flexibility index (Phi) is 6.57. The zero-order valence-electron chi connectivity index (χ0n) is 14.8. The topological polar surface area (TPSA) is 115 Å². The highest BCUT2D eigenvalue weighted by Gasteiger charge is 2.21. The van der Waals surface area contributed by atoms with Gasteiger partial charge in [-0.1, -0.05) is 23.7 Å². The second kappa shape index (κ2) is 9.12. The summed E-state index contributed by atoms with van der Waals surface area (Å²) in [5.41, 5.74) is -0.00409. The minimum atomic E-state index is -3.93. The van der Waals surface area contributed by atoms with E-state index in [0.29, 0.717) is 10.1 Å². The number of furan rings is 1. The van der Waals surface area contributed by atoms with Crippen molar-refractivity contribution in [2.45, 2.75) is 10.8 Å². The quantitative estimate of drug-likeness (QED) is 0.505. The Balaban J connectivity index is 1.63. The average Bonchev–Trinajstić information content (AvgIpc) is 3.36. The molecule has 0 atom stereocenters. The lowest BCUT2D eigenvalue weighted by Crippen LogP contribution is -2.28. The van der Waals surface area contributed by atoms with Crippen LogP contribution < -0.4 is 10.0 Å². The van der Waals surface area contributed by atoms with Crippen molar-refractivity contribution < 1.29 is 27.2 Å². The van der Waals surface area contributed by atoms with Gasteiger partial charge in [0.1, 0.15) is 9.97 Å². The molecule has 1 aromatic carbocycles. The third-order valence-corrected chi connectivity index (χ3v) is 6.67. The normalized spacial score (nSPS) is 11.1. The van der Waals surface area contributed by atoms with Crippen LogP contribution in [0, 0.1) is 0 Å². The Morgan fingerprint density at radius 1 is 1.10 bits per heavy atom. The number of hydrogen-bond donors (Lipinski definition) is 2. The molecule has 3 aromatic rings. The van der Waals surface area contributed by atoms with Gasteiger partial charge in [0, 0.05) is 0 Å². The average molecular weight is 455 g/mol. The number of thiophene rings is 1. The molecule has 0 radical (unpaired) electrons. The Bertz CT molecular complexity index is 1110. The summed E-state index contributed by atoms with van der Waals surface area (Å²) in [6.07, 6.45) is 1.48. The summed E-state index contributed by atoms with van der Waals surface area (Å²) in [7, 11) is -3.93. The van der Waals surface area contributed by atoms with E-state index in [0.717, 1.165) is 11.3 Å². The Hall–Kier alpha value is -2.82. The molecule has 2 N–H and O–H groups in total. The first kappa shape index (κ1) is 20.9. The number of anilines is 1. The van der Waals surface area contributed by atoms with Gasteiger partial charge in [-0.2, -0.15) is 0 Å². The second-order valence-electron chi connectivity index (χ2n) is 5.64. The van der Waals surface area contributed by atoms with Crippen molar-refractivity contribution in [3.05, 3.63) is 70.5 Å². The summed E-state index contributed by atoms with van der Waals surface area (Å²) in [6.45, 7) is -0.371. The van der Waals surface area contributed by atoms with Crippen molar-refractivity contribution in [2.24, 2.45) is 0 Å². The first-order valence-corrected chi connectivity index (χ1v) is 10.9. The van der Waals surface area contributed by atoms with Gasteiger partial charge in [0.15, 0.2) is 6.61 Å². The van der Waals surface area contributed by atoms with E-state index in [1.807, 2.05) is 0 Å². The number of amides is 1. The number of carbonyl (C=O) groups excluding carboxylic acids is 2. The lowest BCUT2D eigenvalue weighted by atomic mass is 10.2. The minimum absolute atomic E-state index is 0.00275. The lowest BCUT2D eigenvalue weighted by Gasteiger charge is -2.11. The highest BCUT2D eigenvalue weighted by molar-refractivity contribution is 7.94. The molecule has 152 valence electrons. The van der Waals surface area contributed by atoms with Gasteiger partial charge in [0.25, 0.3) is 15.9 Å². The maximum absolute atomic E-state index is 12.5. The number of benzene rings is 1. The Labute approximate surface area is 175 Å². The van der Waals surface area contributed by atoms with Gasteiger partial charge in [0.2, 0.25) is 0 Å². The summed E-state index contributed by atoms with van der Waals surface area (Å²) >= 11 is 6.67. The van der Waals surface area contributed by atoms with Crippen LogP contribution in [0.25, 0.3) is 0 Å². The predicted octanol–water partition coefficient (Wildman–Crippen LogP) is 3.27. The third-order valence-electron chi connectivity index (χ3n) is 3.58. The fourth-order valence-corrected chi connectivity index (χ4v) is 4.81. The number of para-hydroxylation sites is 1. The number of carbonyl (C=O) groups is 2. The monoisotopic (exact) mass is 454 g/mol. The van der Waals surface area contributed by atoms with E-state index in [4.69, 9.17) is 20.8 Å². The zero-order chi connectivity index (χ0) is 20.9. The molecule has 0 bridgehead atoms. The molecule has 0 unspecified atom stereocenters. The van der Waals surface area contributed by atoms with Crippen molar-refractivity contribution in [1.29, 1.82) is 0 Å². The molecular formula is C18H15ClN2O6S2. The van der Waals surface area contributed by atoms with Gasteiger partial charge in [0.05, 0.1) is 28.4 Å². The lowest BCUT2D eigenvalue weighted by molar-refractivity contribution is -0.124. The van der Waals surface area contributed by atoms with Crippen LogP contribution in [0.5, 0.6) is 0 Å². The number of esters is 1. The van der Waals surface area contributed by atoms with Gasteiger partial charge in [-0.25, -0.2) is 13.2 Å². The molecule has 3 rings (SSSR count). The molecule has 0 aliphatic heterocycles. The van der Waals surface area contributed by atoms with Crippen molar-refractivity contribution in [1.82, 2.24) is 5.32 Å². The fraction of sp³-hybridized carbons (Fsp3) is 0.111. The number of sulfonamides is 1. The zero-order valence-corrected chi connectivity index (χ0v) is 17.1. The van der Waals surface area contributed by atoms with Gasteiger partial charge in [-0.3, -0.25) is 9.52 Å². The molecule has 0 aliphatic carbocycles. The van der Waals surface area contributed by atoms with E-state index in [9.17, 15) is 18.0 Å². The molecule has 2 aromatic heterocycles. The molecule has 1 amide bonds. The smallest absolute Gasteiger partial charge is 0.340 e. The molecule has 0 saturated carbocycles. The van der Waals surface area contributed by atoms with E-state index in [2.05, 4.69) is 10.0 Å². The first-order valence-electron chi connectivity index (χ1n) is 8.18. The highest BCUT2D eigenvalue weighted by Crippen LogP contribution is 2.28. The summed E-state index contributed by atoms with van der Waals surface area (Å²) < 4.78 is 37.7. The summed E-state index contributed by atoms with van der Waals surface area (Å²) in [5.74, 6) is -0.820. The van der Waals surface area contributed by atoms with E-state index >= 15 is 0 Å². The van der Waals surface area contributed by atoms with E-state index in [1.165, 1.54) is 30.5 Å². The molecule has 2 heterocycles. The van der Waals surface area contributed by atoms with Gasteiger partial charge in [-0.15, -0.1) is 11.3 Å². The molecule has 0 fully saturated rings. The van der Waals surface area contributed by atoms with Crippen LogP contribution in [-0.4, -0.2) is 26.9 Å². The number of ether oxygens (including phenoxy) is 1. The molecule has 11 heteroatoms. The highest BCUT2D eigenvalue weighted by atomic mass is 35.5. The van der Waals surface area contributed by atoms with Crippen LogP contribution in [0.2, 0.25) is 4.34 Å². The fourth-order valence-electron chi connectivity index (χ4n) is 2.25. The molecule has 0 aliphatic rings. The molecule has 29 heavy (non-hydrogen) atoms. The van der Waals surface area contributed by atoms with E-state index < -0.39 is 28.5 Å². The molecule has 0 spiro atoms. The minimum Gasteiger partial charge on any atom is -0.467 e. The number of nitrogens with one attached hydrogen (secondary N) is 2. The van der Waals surface area contributed by atoms with Crippen molar-refractivity contribution >= 4 is 50.5 Å². The van der Waals surface area contributed by atoms with Crippen LogP contribution in [0.1, 0.15) is 16.1 Å². The Morgan fingerprint density at radius 3 is 2.59 bits per heavy atom. The number of hydrogen-bond acceptors (Lipinski definition) is 7. The SMILES string of the molecule is O=C(COC(=O)c1ccccc1NS(=O)(=O)c1ccc(Cl)s1)NCc1ccco1. The van der Waals surface area contributed by atoms with Crippen LogP contribution >= 0.6 is 22.9 Å². The van der Waals surface area contributed by atoms with Gasteiger partial charge < -0.3 is 14.5 Å². The van der Waals surface area contributed by atoms with E-state index in [-0.39, 0.29) is 22.0 Å². The molecule has 0 saturated heterocycles. The number of rotatable bonds is 8. The summed E-state index contributed by atoms with van der Waals surface area (Å²) in [4.78, 5) is 24.2. The second-order valence-corrected chi connectivity index (χ2v) is 9.27. The largest absolute Gasteiger partial charge is 0.467 e. The number of halogens is 1. The van der Waals surface area contributed by atoms with Gasteiger partial charge >= 0.3 is 5.97 Å². The predicted molar refractivity (Wildman–Crippen MR) is 107 cm³/mol. The third kappa shape index (κ3) is 5.59. The van der Waals surface area contributed by atoms with Gasteiger partial charge in [-0.05, 0) is 36.4 Å². The summed E-state index contributed by atoms with van der Waals surface area (Å²) in [6, 6.07) is 12.1.